The Morgan fingerprint density at radius 1 is 1.15 bits per heavy atom. The van der Waals surface area contributed by atoms with Gasteiger partial charge in [0.1, 0.15) is 0 Å². The number of hydrogen-bond acceptors (Lipinski definition) is 3. The van der Waals surface area contributed by atoms with E-state index in [9.17, 15) is 0 Å². The van der Waals surface area contributed by atoms with Gasteiger partial charge in [0.25, 0.3) is 0 Å². The SMILES string of the molecule is C.CC.CC#CC1CC(OC2CCN(CCO)CC2)C1. The molecule has 0 aromatic rings. The second kappa shape index (κ2) is 11.1. The van der Waals surface area contributed by atoms with Gasteiger partial charge < -0.3 is 14.7 Å². The van der Waals surface area contributed by atoms with Crippen molar-refractivity contribution >= 4 is 0 Å². The van der Waals surface area contributed by atoms with Crippen LogP contribution in [0.15, 0.2) is 0 Å². The van der Waals surface area contributed by atoms with Crippen molar-refractivity contribution in [1.29, 1.82) is 0 Å². The van der Waals surface area contributed by atoms with Crippen molar-refractivity contribution < 1.29 is 9.84 Å². The van der Waals surface area contributed by atoms with Crippen molar-refractivity contribution in [2.45, 2.75) is 66.1 Å². The zero-order valence-corrected chi connectivity index (χ0v) is 12.7. The number of ether oxygens (including phenoxy) is 1. The van der Waals surface area contributed by atoms with E-state index in [0.29, 0.717) is 18.1 Å². The summed E-state index contributed by atoms with van der Waals surface area (Å²) in [4.78, 5) is 2.31. The van der Waals surface area contributed by atoms with E-state index in [2.05, 4.69) is 16.7 Å². The van der Waals surface area contributed by atoms with Gasteiger partial charge in [0, 0.05) is 25.6 Å². The summed E-state index contributed by atoms with van der Waals surface area (Å²) in [5, 5.41) is 8.87. The van der Waals surface area contributed by atoms with E-state index in [1.807, 2.05) is 20.8 Å². The van der Waals surface area contributed by atoms with Gasteiger partial charge in [0.2, 0.25) is 0 Å². The first-order valence-electron chi connectivity index (χ1n) is 7.72. The molecule has 0 unspecified atom stereocenters. The average Bonchev–Trinajstić information content (AvgIpc) is 2.41. The standard InChI is InChI=1S/C14H23NO2.C2H6.CH4/c1-2-3-12-10-14(11-12)17-13-4-6-15(7-5-13)8-9-16;1-2;/h12-14,16H,4-11H2,1H3;1-2H3;1H4. The molecule has 1 heterocycles. The summed E-state index contributed by atoms with van der Waals surface area (Å²) in [6.07, 6.45) is 5.36. The molecule has 1 aliphatic carbocycles. The van der Waals surface area contributed by atoms with Crippen molar-refractivity contribution in [2.24, 2.45) is 5.92 Å². The lowest BCUT2D eigenvalue weighted by molar-refractivity contribution is -0.0852. The lowest BCUT2D eigenvalue weighted by Gasteiger charge is -2.38. The summed E-state index contributed by atoms with van der Waals surface area (Å²) in [7, 11) is 0. The second-order valence-corrected chi connectivity index (χ2v) is 5.09. The Balaban J connectivity index is 0.00000115. The van der Waals surface area contributed by atoms with Crippen LogP contribution in [-0.2, 0) is 4.74 Å². The molecule has 0 bridgehead atoms. The van der Waals surface area contributed by atoms with E-state index in [1.165, 1.54) is 0 Å². The number of likely N-dealkylation sites (tertiary alicyclic amines) is 1. The fraction of sp³-hybridized carbons (Fsp3) is 0.882. The van der Waals surface area contributed by atoms with E-state index >= 15 is 0 Å². The van der Waals surface area contributed by atoms with Crippen LogP contribution >= 0.6 is 0 Å². The normalized spacial score (nSPS) is 26.2. The van der Waals surface area contributed by atoms with Gasteiger partial charge >= 0.3 is 0 Å². The zero-order chi connectivity index (χ0) is 14.1. The average molecular weight is 283 g/mol. The summed E-state index contributed by atoms with van der Waals surface area (Å²) >= 11 is 0. The van der Waals surface area contributed by atoms with Crippen LogP contribution in [-0.4, -0.2) is 48.5 Å². The molecule has 1 saturated heterocycles. The Hall–Kier alpha value is -0.560. The highest BCUT2D eigenvalue weighted by molar-refractivity contribution is 5.06. The fourth-order valence-corrected chi connectivity index (χ4v) is 2.68. The van der Waals surface area contributed by atoms with Gasteiger partial charge in [-0.15, -0.1) is 11.8 Å². The molecule has 3 heteroatoms. The zero-order valence-electron chi connectivity index (χ0n) is 12.7. The van der Waals surface area contributed by atoms with Crippen LogP contribution in [0.2, 0.25) is 0 Å². The fourth-order valence-electron chi connectivity index (χ4n) is 2.68. The van der Waals surface area contributed by atoms with Crippen molar-refractivity contribution in [3.63, 3.8) is 0 Å². The molecule has 0 amide bonds. The van der Waals surface area contributed by atoms with Crippen LogP contribution in [0.25, 0.3) is 0 Å². The first-order valence-corrected chi connectivity index (χ1v) is 7.72. The van der Waals surface area contributed by atoms with E-state index < -0.39 is 0 Å². The predicted molar refractivity (Wildman–Crippen MR) is 85.7 cm³/mol. The third-order valence-corrected chi connectivity index (χ3v) is 3.78. The van der Waals surface area contributed by atoms with Gasteiger partial charge in [-0.05, 0) is 32.6 Å². The number of aliphatic hydroxyl groups excluding tert-OH is 1. The number of nitrogens with zero attached hydrogens (tertiary/aromatic N) is 1. The van der Waals surface area contributed by atoms with E-state index in [0.717, 1.165) is 45.3 Å². The quantitative estimate of drug-likeness (QED) is 0.805. The highest BCUT2D eigenvalue weighted by atomic mass is 16.5. The minimum atomic E-state index is 0. The molecule has 118 valence electrons. The molecule has 0 aromatic heterocycles. The molecule has 0 atom stereocenters. The molecule has 0 aromatic carbocycles. The summed E-state index contributed by atoms with van der Waals surface area (Å²) in [5.74, 6) is 6.77. The lowest BCUT2D eigenvalue weighted by Crippen LogP contribution is -2.42. The van der Waals surface area contributed by atoms with Gasteiger partial charge in [-0.3, -0.25) is 0 Å². The van der Waals surface area contributed by atoms with Gasteiger partial charge in [-0.1, -0.05) is 21.3 Å². The number of rotatable bonds is 4. The highest BCUT2D eigenvalue weighted by Crippen LogP contribution is 2.31. The Morgan fingerprint density at radius 3 is 2.25 bits per heavy atom. The van der Waals surface area contributed by atoms with Crippen LogP contribution in [0, 0.1) is 17.8 Å². The van der Waals surface area contributed by atoms with Crippen LogP contribution in [0.1, 0.15) is 53.9 Å². The molecule has 2 aliphatic rings. The maximum atomic E-state index is 8.87. The monoisotopic (exact) mass is 283 g/mol. The minimum absolute atomic E-state index is 0. The Morgan fingerprint density at radius 2 is 1.75 bits per heavy atom. The van der Waals surface area contributed by atoms with Crippen LogP contribution in [0.5, 0.6) is 0 Å². The molecular weight excluding hydrogens is 250 g/mol. The second-order valence-electron chi connectivity index (χ2n) is 5.09. The summed E-state index contributed by atoms with van der Waals surface area (Å²) < 4.78 is 6.07. The van der Waals surface area contributed by atoms with Crippen LogP contribution in [0.3, 0.4) is 0 Å². The predicted octanol–water partition coefficient (Wildman–Crippen LogP) is 2.92. The van der Waals surface area contributed by atoms with E-state index in [4.69, 9.17) is 9.84 Å². The van der Waals surface area contributed by atoms with E-state index in [-0.39, 0.29) is 14.0 Å². The molecule has 1 aliphatic heterocycles. The first-order chi connectivity index (χ1) is 9.31. The maximum Gasteiger partial charge on any atom is 0.0603 e. The smallest absolute Gasteiger partial charge is 0.0603 e. The lowest BCUT2D eigenvalue weighted by atomic mass is 9.82. The maximum absolute atomic E-state index is 8.87. The van der Waals surface area contributed by atoms with Gasteiger partial charge in [-0.2, -0.15) is 0 Å². The first kappa shape index (κ1) is 19.4. The number of aliphatic hydroxyl groups is 1. The third kappa shape index (κ3) is 6.26. The Labute approximate surface area is 125 Å². The Kier molecular flexibility index (Phi) is 10.8. The molecule has 0 spiro atoms. The number of β-amino-alcohol motifs (C(OH)–C–C–N with tert-alkyl or cyclic N) is 1. The molecule has 3 nitrogen and oxygen atoms in total. The van der Waals surface area contributed by atoms with E-state index in [1.54, 1.807) is 0 Å². The molecule has 1 saturated carbocycles. The molecule has 1 N–H and O–H groups in total. The van der Waals surface area contributed by atoms with Crippen LogP contribution in [0.4, 0.5) is 0 Å². The molecule has 2 rings (SSSR count). The highest BCUT2D eigenvalue weighted by Gasteiger charge is 2.31. The van der Waals surface area contributed by atoms with Crippen LogP contribution < -0.4 is 0 Å². The van der Waals surface area contributed by atoms with Gasteiger partial charge in [0.05, 0.1) is 18.8 Å². The summed E-state index contributed by atoms with van der Waals surface area (Å²) in [5.41, 5.74) is 0. The van der Waals surface area contributed by atoms with Crippen molar-refractivity contribution in [3.8, 4) is 11.8 Å². The minimum Gasteiger partial charge on any atom is -0.395 e. The van der Waals surface area contributed by atoms with Crippen molar-refractivity contribution in [2.75, 3.05) is 26.2 Å². The number of hydrogen-bond donors (Lipinski definition) is 1. The molecular formula is C17H33NO2. The topological polar surface area (TPSA) is 32.7 Å². The number of piperidine rings is 1. The molecule has 0 radical (unpaired) electrons. The summed E-state index contributed by atoms with van der Waals surface area (Å²) in [6.45, 7) is 9.12. The largest absolute Gasteiger partial charge is 0.395 e. The summed E-state index contributed by atoms with van der Waals surface area (Å²) in [6, 6.07) is 0. The van der Waals surface area contributed by atoms with Gasteiger partial charge in [-0.25, -0.2) is 0 Å². The molecule has 2 fully saturated rings. The Bertz CT molecular complexity index is 281. The van der Waals surface area contributed by atoms with Crippen molar-refractivity contribution in [3.05, 3.63) is 0 Å². The van der Waals surface area contributed by atoms with Crippen molar-refractivity contribution in [1.82, 2.24) is 4.90 Å². The molecule has 20 heavy (non-hydrogen) atoms. The van der Waals surface area contributed by atoms with Gasteiger partial charge in [0.15, 0.2) is 0 Å². The third-order valence-electron chi connectivity index (χ3n) is 3.78.